The number of hydrogen-bond acceptors (Lipinski definition) is 3. The Morgan fingerprint density at radius 3 is 1.67 bits per heavy atom. The minimum absolute atomic E-state index is 0.00762. The Kier molecular flexibility index (Phi) is 8.34. The largest absolute Gasteiger partial charge is 0.452 e. The first-order valence-corrected chi connectivity index (χ1v) is 23.5. The normalized spacial score (nSPS) is 17.6. The van der Waals surface area contributed by atoms with Crippen molar-refractivity contribution in [3.63, 3.8) is 0 Å². The zero-order valence-electron chi connectivity index (χ0n) is 38.0. The van der Waals surface area contributed by atoms with E-state index in [4.69, 9.17) is 4.42 Å². The van der Waals surface area contributed by atoms with Crippen molar-refractivity contribution in [2.45, 2.75) is 51.5 Å². The molecule has 3 heteroatoms. The SMILES string of the molecule is CC1C2=C(C=CC1N(c1ccccc1)c1cc3ccccc3c3c1oc1c(N(c4ccccc4)c4ccc5c(c4)C(C)(C)c4ccccc4-5)cc4ccccc4c13)c1ccccc1C2(C)C. The molecule has 3 aliphatic carbocycles. The van der Waals surface area contributed by atoms with E-state index >= 15 is 0 Å². The molecule has 66 heavy (non-hydrogen) atoms. The fourth-order valence-electron chi connectivity index (χ4n) is 12.4. The Morgan fingerprint density at radius 1 is 0.455 bits per heavy atom. The minimum atomic E-state index is -0.158. The van der Waals surface area contributed by atoms with Gasteiger partial charge in [-0.05, 0) is 115 Å². The molecule has 2 unspecified atom stereocenters. The van der Waals surface area contributed by atoms with Gasteiger partial charge in [0, 0.05) is 44.6 Å². The molecule has 9 aromatic carbocycles. The average Bonchev–Trinajstić information content (AvgIpc) is 3.95. The predicted molar refractivity (Wildman–Crippen MR) is 278 cm³/mol. The topological polar surface area (TPSA) is 19.6 Å². The second kappa shape index (κ2) is 14.2. The van der Waals surface area contributed by atoms with Crippen molar-refractivity contribution >= 4 is 77.5 Å². The van der Waals surface area contributed by atoms with E-state index in [1.54, 1.807) is 0 Å². The number of furan rings is 1. The van der Waals surface area contributed by atoms with Crippen LogP contribution in [0.15, 0.2) is 210 Å². The van der Waals surface area contributed by atoms with E-state index < -0.39 is 0 Å². The van der Waals surface area contributed by atoms with Crippen LogP contribution in [0.3, 0.4) is 0 Å². The summed E-state index contributed by atoms with van der Waals surface area (Å²) in [5.41, 5.74) is 17.8. The predicted octanol–water partition coefficient (Wildman–Crippen LogP) is 17.1. The highest BCUT2D eigenvalue weighted by Gasteiger charge is 2.44. The van der Waals surface area contributed by atoms with Crippen LogP contribution in [0.5, 0.6) is 0 Å². The van der Waals surface area contributed by atoms with Gasteiger partial charge in [0.15, 0.2) is 11.2 Å². The van der Waals surface area contributed by atoms with Crippen LogP contribution in [0, 0.1) is 5.92 Å². The standard InChI is InChI=1S/C63H50N2O/c1-39-54(35-34-50-48-29-17-19-31-52(48)63(4,5)59(39)50)65(43-24-10-7-11-25-43)56-37-41-21-13-15-27-46(41)58-57-45-26-14-12-20-40(45)36-55(60(57)66-61(56)58)64(42-22-8-6-9-23-42)44-32-33-49-47-28-16-18-30-51(47)62(2,3)53(49)38-44/h6-39,54H,1-5H3. The minimum Gasteiger partial charge on any atom is -0.452 e. The van der Waals surface area contributed by atoms with Crippen LogP contribution in [0.25, 0.3) is 60.2 Å². The Hall–Kier alpha value is -7.62. The Labute approximate surface area is 386 Å². The quantitative estimate of drug-likeness (QED) is 0.166. The lowest BCUT2D eigenvalue weighted by Crippen LogP contribution is -2.40. The fourth-order valence-corrected chi connectivity index (χ4v) is 12.4. The number of para-hydroxylation sites is 2. The summed E-state index contributed by atoms with van der Waals surface area (Å²) >= 11 is 0. The summed E-state index contributed by atoms with van der Waals surface area (Å²) in [7, 11) is 0. The summed E-state index contributed by atoms with van der Waals surface area (Å²) < 4.78 is 7.73. The average molecular weight is 851 g/mol. The van der Waals surface area contributed by atoms with Crippen LogP contribution in [-0.2, 0) is 10.8 Å². The van der Waals surface area contributed by atoms with Gasteiger partial charge in [0.05, 0.1) is 17.4 Å². The van der Waals surface area contributed by atoms with Crippen LogP contribution in [0.4, 0.5) is 28.4 Å². The number of nitrogens with zero attached hydrogens (tertiary/aromatic N) is 2. The fraction of sp³-hybridized carbons (Fsp3) is 0.143. The number of fused-ring (bicyclic) bond motifs is 12. The monoisotopic (exact) mass is 850 g/mol. The Morgan fingerprint density at radius 2 is 0.985 bits per heavy atom. The van der Waals surface area contributed by atoms with Gasteiger partial charge in [-0.15, -0.1) is 0 Å². The van der Waals surface area contributed by atoms with Crippen molar-refractivity contribution in [2.75, 3.05) is 9.80 Å². The first kappa shape index (κ1) is 38.8. The molecule has 318 valence electrons. The van der Waals surface area contributed by atoms with E-state index in [-0.39, 0.29) is 22.8 Å². The van der Waals surface area contributed by atoms with Gasteiger partial charge >= 0.3 is 0 Å². The molecule has 1 aromatic heterocycles. The molecule has 0 fully saturated rings. The van der Waals surface area contributed by atoms with Crippen molar-refractivity contribution < 1.29 is 4.42 Å². The second-order valence-corrected chi connectivity index (χ2v) is 19.7. The molecule has 2 atom stereocenters. The molecular formula is C63H50N2O. The zero-order valence-corrected chi connectivity index (χ0v) is 38.0. The number of anilines is 5. The van der Waals surface area contributed by atoms with Crippen LogP contribution in [-0.4, -0.2) is 6.04 Å². The van der Waals surface area contributed by atoms with Crippen molar-refractivity contribution in [2.24, 2.45) is 5.92 Å². The van der Waals surface area contributed by atoms with E-state index in [0.717, 1.165) is 50.4 Å². The number of allylic oxidation sites excluding steroid dienone is 2. The molecule has 10 aromatic rings. The maximum Gasteiger partial charge on any atom is 0.160 e. The lowest BCUT2D eigenvalue weighted by atomic mass is 9.72. The number of benzene rings is 9. The van der Waals surface area contributed by atoms with E-state index in [0.29, 0.717) is 0 Å². The highest BCUT2D eigenvalue weighted by Crippen LogP contribution is 2.56. The van der Waals surface area contributed by atoms with Crippen molar-refractivity contribution in [3.05, 3.63) is 228 Å². The molecule has 0 aliphatic heterocycles. The third-order valence-electron chi connectivity index (χ3n) is 15.4. The lowest BCUT2D eigenvalue weighted by Gasteiger charge is -2.41. The van der Waals surface area contributed by atoms with Crippen molar-refractivity contribution in [1.29, 1.82) is 0 Å². The zero-order chi connectivity index (χ0) is 44.5. The van der Waals surface area contributed by atoms with Crippen molar-refractivity contribution in [1.82, 2.24) is 0 Å². The molecule has 3 nitrogen and oxygen atoms in total. The van der Waals surface area contributed by atoms with Gasteiger partial charge in [0.2, 0.25) is 0 Å². The molecule has 0 saturated carbocycles. The molecule has 0 N–H and O–H groups in total. The third-order valence-corrected chi connectivity index (χ3v) is 15.4. The molecule has 0 bridgehead atoms. The third kappa shape index (κ3) is 5.43. The van der Waals surface area contributed by atoms with Gasteiger partial charge in [-0.2, -0.15) is 0 Å². The van der Waals surface area contributed by atoms with Crippen LogP contribution in [0.2, 0.25) is 0 Å². The molecular weight excluding hydrogens is 801 g/mol. The summed E-state index contributed by atoms with van der Waals surface area (Å²) in [6.07, 6.45) is 4.85. The molecule has 0 amide bonds. The van der Waals surface area contributed by atoms with E-state index in [1.165, 1.54) is 66.1 Å². The summed E-state index contributed by atoms with van der Waals surface area (Å²) in [5.74, 6) is 0.193. The number of rotatable bonds is 6. The van der Waals surface area contributed by atoms with Crippen LogP contribution in [0.1, 0.15) is 56.9 Å². The summed E-state index contributed by atoms with van der Waals surface area (Å²) in [4.78, 5) is 4.99. The molecule has 0 radical (unpaired) electrons. The van der Waals surface area contributed by atoms with E-state index in [2.05, 4.69) is 245 Å². The maximum absolute atomic E-state index is 7.73. The van der Waals surface area contributed by atoms with Crippen molar-refractivity contribution in [3.8, 4) is 11.1 Å². The second-order valence-electron chi connectivity index (χ2n) is 19.7. The Bertz CT molecular complexity index is 3680. The molecule has 3 aliphatic rings. The lowest BCUT2D eigenvalue weighted by molar-refractivity contribution is 0.488. The number of hydrogen-bond donors (Lipinski definition) is 0. The van der Waals surface area contributed by atoms with E-state index in [1.807, 2.05) is 0 Å². The smallest absolute Gasteiger partial charge is 0.160 e. The highest BCUT2D eigenvalue weighted by atomic mass is 16.3. The van der Waals surface area contributed by atoms with Crippen LogP contribution < -0.4 is 9.80 Å². The van der Waals surface area contributed by atoms with Gasteiger partial charge in [-0.1, -0.05) is 186 Å². The Balaban J connectivity index is 1.09. The van der Waals surface area contributed by atoms with E-state index in [9.17, 15) is 0 Å². The van der Waals surface area contributed by atoms with Gasteiger partial charge in [-0.25, -0.2) is 0 Å². The molecule has 1 heterocycles. The maximum atomic E-state index is 7.73. The molecule has 13 rings (SSSR count). The summed E-state index contributed by atoms with van der Waals surface area (Å²) in [6.45, 7) is 12.0. The van der Waals surface area contributed by atoms with Crippen LogP contribution >= 0.6 is 0 Å². The molecule has 0 spiro atoms. The van der Waals surface area contributed by atoms with Gasteiger partial charge < -0.3 is 14.2 Å². The van der Waals surface area contributed by atoms with Gasteiger partial charge in [-0.3, -0.25) is 0 Å². The molecule has 0 saturated heterocycles. The summed E-state index contributed by atoms with van der Waals surface area (Å²) in [6, 6.07) is 69.2. The first-order chi connectivity index (χ1) is 32.2. The first-order valence-electron chi connectivity index (χ1n) is 23.5. The van der Waals surface area contributed by atoms with Gasteiger partial charge in [0.25, 0.3) is 0 Å². The summed E-state index contributed by atoms with van der Waals surface area (Å²) in [5, 5.41) is 6.96. The van der Waals surface area contributed by atoms with Gasteiger partial charge in [0.1, 0.15) is 0 Å². The highest BCUT2D eigenvalue weighted by molar-refractivity contribution is 6.31.